The first-order valence-electron chi connectivity index (χ1n) is 6.77. The van der Waals surface area contributed by atoms with Crippen LogP contribution in [0.1, 0.15) is 44.7 Å². The standard InChI is InChI=1S/C15H22N2O2/c1-15(2)10-12(17-9-5-8-14(16)18)11-6-3-4-7-13(11)19-15/h3-4,6-7,12,17H,5,8-10H2,1-2H3,(H2,16,18). The van der Waals surface area contributed by atoms with Crippen molar-refractivity contribution >= 4 is 5.91 Å². The van der Waals surface area contributed by atoms with Gasteiger partial charge >= 0.3 is 0 Å². The summed E-state index contributed by atoms with van der Waals surface area (Å²) in [5.74, 6) is 0.709. The van der Waals surface area contributed by atoms with E-state index in [-0.39, 0.29) is 17.6 Å². The highest BCUT2D eigenvalue weighted by Crippen LogP contribution is 2.39. The molecule has 1 aliphatic heterocycles. The van der Waals surface area contributed by atoms with Crippen LogP contribution in [-0.4, -0.2) is 18.1 Å². The van der Waals surface area contributed by atoms with Crippen LogP contribution in [0.2, 0.25) is 0 Å². The fraction of sp³-hybridized carbons (Fsp3) is 0.533. The van der Waals surface area contributed by atoms with E-state index in [1.54, 1.807) is 0 Å². The van der Waals surface area contributed by atoms with E-state index in [1.807, 2.05) is 18.2 Å². The summed E-state index contributed by atoms with van der Waals surface area (Å²) in [6, 6.07) is 8.39. The van der Waals surface area contributed by atoms with Crippen LogP contribution in [0.15, 0.2) is 24.3 Å². The van der Waals surface area contributed by atoms with Crippen LogP contribution in [0.3, 0.4) is 0 Å². The number of hydrogen-bond donors (Lipinski definition) is 2. The predicted octanol–water partition coefficient (Wildman–Crippen LogP) is 2.14. The van der Waals surface area contributed by atoms with Gasteiger partial charge in [-0.1, -0.05) is 18.2 Å². The Bertz CT molecular complexity index is 457. The Morgan fingerprint density at radius 2 is 2.21 bits per heavy atom. The average Bonchev–Trinajstić information content (AvgIpc) is 2.33. The molecule has 2 rings (SSSR count). The van der Waals surface area contributed by atoms with E-state index in [0.717, 1.165) is 25.1 Å². The van der Waals surface area contributed by atoms with E-state index in [9.17, 15) is 4.79 Å². The van der Waals surface area contributed by atoms with Gasteiger partial charge in [-0.15, -0.1) is 0 Å². The summed E-state index contributed by atoms with van der Waals surface area (Å²) < 4.78 is 5.98. The Balaban J connectivity index is 2.01. The van der Waals surface area contributed by atoms with Crippen molar-refractivity contribution in [2.75, 3.05) is 6.54 Å². The molecule has 1 atom stereocenters. The molecule has 0 saturated heterocycles. The molecule has 1 amide bonds. The number of carbonyl (C=O) groups excluding carboxylic acids is 1. The quantitative estimate of drug-likeness (QED) is 0.799. The Hall–Kier alpha value is -1.55. The number of carbonyl (C=O) groups is 1. The first-order chi connectivity index (χ1) is 8.98. The van der Waals surface area contributed by atoms with Crippen molar-refractivity contribution in [3.8, 4) is 5.75 Å². The molecule has 1 aliphatic rings. The van der Waals surface area contributed by atoms with Crippen LogP contribution in [0.25, 0.3) is 0 Å². The first kappa shape index (κ1) is 13.9. The molecule has 0 aliphatic carbocycles. The van der Waals surface area contributed by atoms with Gasteiger partial charge < -0.3 is 15.8 Å². The third-order valence-electron chi connectivity index (χ3n) is 3.37. The molecular weight excluding hydrogens is 240 g/mol. The summed E-state index contributed by atoms with van der Waals surface area (Å²) in [6.45, 7) is 4.99. The number of rotatable bonds is 5. The average molecular weight is 262 g/mol. The summed E-state index contributed by atoms with van der Waals surface area (Å²) in [4.78, 5) is 10.7. The number of primary amides is 1. The summed E-state index contributed by atoms with van der Waals surface area (Å²) in [7, 11) is 0. The minimum absolute atomic E-state index is 0.171. The number of benzene rings is 1. The number of nitrogens with one attached hydrogen (secondary N) is 1. The first-order valence-corrected chi connectivity index (χ1v) is 6.77. The maximum atomic E-state index is 10.7. The third-order valence-corrected chi connectivity index (χ3v) is 3.37. The second-order valence-electron chi connectivity index (χ2n) is 5.68. The predicted molar refractivity (Wildman–Crippen MR) is 74.9 cm³/mol. The summed E-state index contributed by atoms with van der Waals surface area (Å²) >= 11 is 0. The number of amides is 1. The van der Waals surface area contributed by atoms with Crippen molar-refractivity contribution in [1.29, 1.82) is 0 Å². The Morgan fingerprint density at radius 3 is 2.95 bits per heavy atom. The van der Waals surface area contributed by atoms with E-state index in [1.165, 1.54) is 5.56 Å². The Morgan fingerprint density at radius 1 is 1.47 bits per heavy atom. The van der Waals surface area contributed by atoms with Crippen LogP contribution in [-0.2, 0) is 4.79 Å². The SMILES string of the molecule is CC1(C)CC(NCCCC(N)=O)c2ccccc2O1. The maximum Gasteiger partial charge on any atom is 0.217 e. The lowest BCUT2D eigenvalue weighted by Gasteiger charge is -2.38. The van der Waals surface area contributed by atoms with Gasteiger partial charge in [0, 0.05) is 24.4 Å². The molecule has 104 valence electrons. The van der Waals surface area contributed by atoms with Crippen molar-refractivity contribution in [2.45, 2.75) is 44.8 Å². The minimum atomic E-state index is -0.241. The molecule has 0 fully saturated rings. The van der Waals surface area contributed by atoms with Gasteiger partial charge in [-0.3, -0.25) is 4.79 Å². The molecule has 1 aromatic carbocycles. The van der Waals surface area contributed by atoms with Gasteiger partial charge in [-0.25, -0.2) is 0 Å². The highest BCUT2D eigenvalue weighted by molar-refractivity contribution is 5.73. The van der Waals surface area contributed by atoms with Gasteiger partial charge in [-0.2, -0.15) is 0 Å². The summed E-state index contributed by atoms with van der Waals surface area (Å²) in [5, 5.41) is 3.50. The highest BCUT2D eigenvalue weighted by Gasteiger charge is 2.32. The molecule has 4 nitrogen and oxygen atoms in total. The summed E-state index contributed by atoms with van der Waals surface area (Å²) in [5.41, 5.74) is 6.17. The Labute approximate surface area is 114 Å². The van der Waals surface area contributed by atoms with Gasteiger partial charge in [-0.05, 0) is 32.9 Å². The highest BCUT2D eigenvalue weighted by atomic mass is 16.5. The van der Waals surface area contributed by atoms with Crippen LogP contribution < -0.4 is 15.8 Å². The van der Waals surface area contributed by atoms with Crippen molar-refractivity contribution in [2.24, 2.45) is 5.73 Å². The largest absolute Gasteiger partial charge is 0.487 e. The molecule has 3 N–H and O–H groups in total. The molecule has 0 radical (unpaired) electrons. The third kappa shape index (κ3) is 3.70. The maximum absolute atomic E-state index is 10.7. The molecule has 4 heteroatoms. The molecule has 0 aromatic heterocycles. The second-order valence-corrected chi connectivity index (χ2v) is 5.68. The lowest BCUT2D eigenvalue weighted by molar-refractivity contribution is -0.118. The Kier molecular flexibility index (Phi) is 4.10. The van der Waals surface area contributed by atoms with Crippen LogP contribution >= 0.6 is 0 Å². The van der Waals surface area contributed by atoms with E-state index in [0.29, 0.717) is 6.42 Å². The monoisotopic (exact) mass is 262 g/mol. The van der Waals surface area contributed by atoms with Crippen molar-refractivity contribution < 1.29 is 9.53 Å². The molecule has 0 saturated carbocycles. The topological polar surface area (TPSA) is 64.3 Å². The van der Waals surface area contributed by atoms with Gasteiger partial charge in [0.2, 0.25) is 5.91 Å². The second kappa shape index (κ2) is 5.61. The number of hydrogen-bond acceptors (Lipinski definition) is 3. The van der Waals surface area contributed by atoms with E-state index < -0.39 is 0 Å². The number of ether oxygens (including phenoxy) is 1. The van der Waals surface area contributed by atoms with Crippen molar-refractivity contribution in [3.63, 3.8) is 0 Å². The molecule has 1 aromatic rings. The zero-order valence-corrected chi connectivity index (χ0v) is 11.6. The fourth-order valence-corrected chi connectivity index (χ4v) is 2.52. The van der Waals surface area contributed by atoms with Gasteiger partial charge in [0.15, 0.2) is 0 Å². The van der Waals surface area contributed by atoms with Crippen LogP contribution in [0, 0.1) is 0 Å². The lowest BCUT2D eigenvalue weighted by atomic mass is 9.89. The fourth-order valence-electron chi connectivity index (χ4n) is 2.52. The zero-order chi connectivity index (χ0) is 13.9. The van der Waals surface area contributed by atoms with Gasteiger partial charge in [0.1, 0.15) is 11.4 Å². The number of fused-ring (bicyclic) bond motifs is 1. The number of para-hydroxylation sites is 1. The molecule has 1 heterocycles. The normalized spacial score (nSPS) is 20.4. The van der Waals surface area contributed by atoms with Crippen LogP contribution in [0.4, 0.5) is 0 Å². The smallest absolute Gasteiger partial charge is 0.217 e. The van der Waals surface area contributed by atoms with Crippen molar-refractivity contribution in [1.82, 2.24) is 5.32 Å². The molecule has 19 heavy (non-hydrogen) atoms. The summed E-state index contributed by atoms with van der Waals surface area (Å²) in [6.07, 6.45) is 2.12. The van der Waals surface area contributed by atoms with E-state index in [4.69, 9.17) is 10.5 Å². The minimum Gasteiger partial charge on any atom is -0.487 e. The van der Waals surface area contributed by atoms with Gasteiger partial charge in [0.25, 0.3) is 0 Å². The molecule has 0 bridgehead atoms. The zero-order valence-electron chi connectivity index (χ0n) is 11.6. The van der Waals surface area contributed by atoms with Crippen LogP contribution in [0.5, 0.6) is 5.75 Å². The van der Waals surface area contributed by atoms with Gasteiger partial charge in [0.05, 0.1) is 0 Å². The van der Waals surface area contributed by atoms with E-state index in [2.05, 4.69) is 25.2 Å². The molecule has 1 unspecified atom stereocenters. The van der Waals surface area contributed by atoms with Crippen molar-refractivity contribution in [3.05, 3.63) is 29.8 Å². The molecule has 0 spiro atoms. The molecular formula is C15H22N2O2. The number of nitrogens with two attached hydrogens (primary N) is 1. The van der Waals surface area contributed by atoms with E-state index >= 15 is 0 Å². The lowest BCUT2D eigenvalue weighted by Crippen LogP contribution is -2.39.